The van der Waals surface area contributed by atoms with Crippen LogP contribution >= 0.6 is 0 Å². The van der Waals surface area contributed by atoms with Crippen LogP contribution in [-0.2, 0) is 4.74 Å². The summed E-state index contributed by atoms with van der Waals surface area (Å²) in [5, 5.41) is 0. The van der Waals surface area contributed by atoms with Gasteiger partial charge >= 0.3 is 0 Å². The molecular weight excluding hydrogens is 208 g/mol. The Balaban J connectivity index is 1.42. The molecule has 0 aromatic heterocycles. The molecule has 3 aliphatic carbocycles. The Bertz CT molecular complexity index is 263. The molecule has 0 aromatic carbocycles. The van der Waals surface area contributed by atoms with Crippen LogP contribution in [-0.4, -0.2) is 12.7 Å². The van der Waals surface area contributed by atoms with E-state index in [1.165, 1.54) is 57.8 Å². The molecule has 96 valence electrons. The van der Waals surface area contributed by atoms with Crippen LogP contribution in [0.3, 0.4) is 0 Å². The van der Waals surface area contributed by atoms with Crippen LogP contribution < -0.4 is 0 Å². The first kappa shape index (κ1) is 11.8. The van der Waals surface area contributed by atoms with E-state index in [2.05, 4.69) is 12.2 Å². The zero-order valence-electron chi connectivity index (χ0n) is 10.9. The van der Waals surface area contributed by atoms with Crippen molar-refractivity contribution >= 4 is 0 Å². The van der Waals surface area contributed by atoms with Crippen molar-refractivity contribution in [3.05, 3.63) is 12.2 Å². The van der Waals surface area contributed by atoms with Gasteiger partial charge in [-0.2, -0.15) is 0 Å². The topological polar surface area (TPSA) is 9.23 Å². The van der Waals surface area contributed by atoms with Crippen molar-refractivity contribution in [2.45, 2.75) is 63.9 Å². The summed E-state index contributed by atoms with van der Waals surface area (Å²) in [6.07, 6.45) is 18.0. The molecule has 0 N–H and O–H groups in total. The van der Waals surface area contributed by atoms with Crippen molar-refractivity contribution in [2.24, 2.45) is 17.8 Å². The van der Waals surface area contributed by atoms with Crippen LogP contribution in [0.2, 0.25) is 0 Å². The molecule has 0 saturated heterocycles. The molecule has 1 heteroatoms. The lowest BCUT2D eigenvalue weighted by Crippen LogP contribution is -2.21. The third kappa shape index (κ3) is 2.93. The first-order valence-electron chi connectivity index (χ1n) is 7.72. The lowest BCUT2D eigenvalue weighted by molar-refractivity contribution is 0.00920. The molecule has 2 bridgehead atoms. The van der Waals surface area contributed by atoms with E-state index in [0.29, 0.717) is 6.10 Å². The summed E-state index contributed by atoms with van der Waals surface area (Å²) in [5.41, 5.74) is 0. The molecular formula is C16H26O. The molecule has 0 aromatic rings. The standard InChI is InChI=1S/C16H26O/c1-2-4-6-16(7-5-3-1)17-12-15-11-13-8-9-14(15)10-13/h8-9,13-16H,1-7,10-12H2. The summed E-state index contributed by atoms with van der Waals surface area (Å²) in [6, 6.07) is 0. The van der Waals surface area contributed by atoms with Crippen molar-refractivity contribution in [1.29, 1.82) is 0 Å². The van der Waals surface area contributed by atoms with Gasteiger partial charge in [-0.3, -0.25) is 0 Å². The van der Waals surface area contributed by atoms with Crippen LogP contribution in [0.25, 0.3) is 0 Å². The fourth-order valence-electron chi connectivity index (χ4n) is 3.93. The number of hydrogen-bond donors (Lipinski definition) is 0. The Morgan fingerprint density at radius 3 is 2.29 bits per heavy atom. The molecule has 0 aliphatic heterocycles. The first-order valence-corrected chi connectivity index (χ1v) is 7.72. The second kappa shape index (κ2) is 5.56. The maximum Gasteiger partial charge on any atom is 0.0575 e. The summed E-state index contributed by atoms with van der Waals surface area (Å²) in [7, 11) is 0. The maximum atomic E-state index is 6.22. The minimum Gasteiger partial charge on any atom is -0.378 e. The van der Waals surface area contributed by atoms with E-state index < -0.39 is 0 Å². The lowest BCUT2D eigenvalue weighted by atomic mass is 9.94. The SMILES string of the molecule is C1=CC2CC1CC2COC1CCCCCCC1. The van der Waals surface area contributed by atoms with Crippen molar-refractivity contribution in [3.8, 4) is 0 Å². The van der Waals surface area contributed by atoms with Gasteiger partial charge < -0.3 is 4.74 Å². The predicted molar refractivity (Wildman–Crippen MR) is 70.9 cm³/mol. The maximum absolute atomic E-state index is 6.22. The largest absolute Gasteiger partial charge is 0.378 e. The highest BCUT2D eigenvalue weighted by Crippen LogP contribution is 2.43. The molecule has 0 amide bonds. The van der Waals surface area contributed by atoms with Gasteiger partial charge in [0.05, 0.1) is 12.7 Å². The minimum absolute atomic E-state index is 0.582. The van der Waals surface area contributed by atoms with Gasteiger partial charge in [-0.25, -0.2) is 0 Å². The number of allylic oxidation sites excluding steroid dienone is 2. The monoisotopic (exact) mass is 234 g/mol. The van der Waals surface area contributed by atoms with E-state index in [0.717, 1.165) is 24.4 Å². The van der Waals surface area contributed by atoms with Gasteiger partial charge in [-0.1, -0.05) is 44.3 Å². The van der Waals surface area contributed by atoms with Crippen LogP contribution in [0.4, 0.5) is 0 Å². The number of rotatable bonds is 3. The molecule has 17 heavy (non-hydrogen) atoms. The van der Waals surface area contributed by atoms with E-state index in [9.17, 15) is 0 Å². The smallest absolute Gasteiger partial charge is 0.0575 e. The molecule has 0 spiro atoms. The zero-order chi connectivity index (χ0) is 11.5. The fourth-order valence-corrected chi connectivity index (χ4v) is 3.93. The Morgan fingerprint density at radius 2 is 1.65 bits per heavy atom. The molecule has 3 atom stereocenters. The third-order valence-corrected chi connectivity index (χ3v) is 5.01. The molecule has 0 radical (unpaired) electrons. The van der Waals surface area contributed by atoms with Crippen LogP contribution in [0.5, 0.6) is 0 Å². The number of ether oxygens (including phenoxy) is 1. The normalized spacial score (nSPS) is 38.2. The molecule has 2 fully saturated rings. The Morgan fingerprint density at radius 1 is 0.882 bits per heavy atom. The van der Waals surface area contributed by atoms with Crippen molar-refractivity contribution in [3.63, 3.8) is 0 Å². The van der Waals surface area contributed by atoms with Crippen LogP contribution in [0.15, 0.2) is 12.2 Å². The quantitative estimate of drug-likeness (QED) is 0.660. The van der Waals surface area contributed by atoms with Gasteiger partial charge in [0.25, 0.3) is 0 Å². The summed E-state index contributed by atoms with van der Waals surface area (Å²) < 4.78 is 6.22. The molecule has 3 unspecified atom stereocenters. The molecule has 3 rings (SSSR count). The van der Waals surface area contributed by atoms with E-state index in [4.69, 9.17) is 4.74 Å². The van der Waals surface area contributed by atoms with E-state index in [1.807, 2.05) is 0 Å². The third-order valence-electron chi connectivity index (χ3n) is 5.01. The average molecular weight is 234 g/mol. The fraction of sp³-hybridized carbons (Fsp3) is 0.875. The predicted octanol–water partition coefficient (Wildman–Crippen LogP) is 4.33. The number of hydrogen-bond acceptors (Lipinski definition) is 1. The van der Waals surface area contributed by atoms with E-state index in [-0.39, 0.29) is 0 Å². The van der Waals surface area contributed by atoms with E-state index >= 15 is 0 Å². The second-order valence-corrected chi connectivity index (χ2v) is 6.34. The second-order valence-electron chi connectivity index (χ2n) is 6.34. The van der Waals surface area contributed by atoms with E-state index in [1.54, 1.807) is 0 Å². The Labute approximate surface area is 106 Å². The van der Waals surface area contributed by atoms with Gasteiger partial charge in [0.2, 0.25) is 0 Å². The molecule has 1 nitrogen and oxygen atoms in total. The summed E-state index contributed by atoms with van der Waals surface area (Å²) >= 11 is 0. The lowest BCUT2D eigenvalue weighted by Gasteiger charge is -2.24. The van der Waals surface area contributed by atoms with Gasteiger partial charge in [0.15, 0.2) is 0 Å². The van der Waals surface area contributed by atoms with Crippen molar-refractivity contribution < 1.29 is 4.74 Å². The van der Waals surface area contributed by atoms with Gasteiger partial charge in [-0.15, -0.1) is 0 Å². The summed E-state index contributed by atoms with van der Waals surface area (Å²) in [5.74, 6) is 2.59. The number of fused-ring (bicyclic) bond motifs is 2. The summed E-state index contributed by atoms with van der Waals surface area (Å²) in [6.45, 7) is 1.04. The van der Waals surface area contributed by atoms with Crippen molar-refractivity contribution in [2.75, 3.05) is 6.61 Å². The van der Waals surface area contributed by atoms with Gasteiger partial charge in [0.1, 0.15) is 0 Å². The van der Waals surface area contributed by atoms with Gasteiger partial charge in [0, 0.05) is 0 Å². The Kier molecular flexibility index (Phi) is 3.85. The molecule has 3 aliphatic rings. The van der Waals surface area contributed by atoms with Crippen molar-refractivity contribution in [1.82, 2.24) is 0 Å². The first-order chi connectivity index (χ1) is 8.42. The van der Waals surface area contributed by atoms with Gasteiger partial charge in [-0.05, 0) is 43.4 Å². The minimum atomic E-state index is 0.582. The average Bonchev–Trinajstić information content (AvgIpc) is 2.89. The highest BCUT2D eigenvalue weighted by Gasteiger charge is 2.35. The molecule has 2 saturated carbocycles. The highest BCUT2D eigenvalue weighted by atomic mass is 16.5. The summed E-state index contributed by atoms with van der Waals surface area (Å²) in [4.78, 5) is 0. The van der Waals surface area contributed by atoms with Crippen LogP contribution in [0.1, 0.15) is 57.8 Å². The highest BCUT2D eigenvalue weighted by molar-refractivity contribution is 5.10. The Hall–Kier alpha value is -0.300. The molecule has 0 heterocycles. The zero-order valence-corrected chi connectivity index (χ0v) is 10.9. The van der Waals surface area contributed by atoms with Crippen LogP contribution in [0, 0.1) is 17.8 Å².